The van der Waals surface area contributed by atoms with Crippen molar-refractivity contribution in [2.45, 2.75) is 6.92 Å². The topological polar surface area (TPSA) is 124 Å². The standard InChI is InChI=1S/C25H23N5O5/c1-15-5-4-6-23(27-15)29-25(32)30-24(31)28-16-7-9-17(10-8-16)35-20-11-12-26-19-14-22(34-3)21(33-2)13-18(19)20/h4-14H,1-3H3,(H3,27,28,29,30,31,32). The fraction of sp³-hybridized carbons (Fsp3) is 0.120. The van der Waals surface area contributed by atoms with E-state index in [0.717, 1.165) is 11.1 Å². The number of urea groups is 2. The molecule has 10 nitrogen and oxygen atoms in total. The van der Waals surface area contributed by atoms with Crippen molar-refractivity contribution in [2.75, 3.05) is 24.9 Å². The number of imide groups is 1. The zero-order valence-electron chi connectivity index (χ0n) is 19.3. The van der Waals surface area contributed by atoms with Crippen molar-refractivity contribution in [2.24, 2.45) is 0 Å². The van der Waals surface area contributed by atoms with E-state index in [1.54, 1.807) is 88.0 Å². The van der Waals surface area contributed by atoms with E-state index in [1.165, 1.54) is 0 Å². The van der Waals surface area contributed by atoms with Crippen molar-refractivity contribution in [3.63, 3.8) is 0 Å². The molecule has 0 spiro atoms. The van der Waals surface area contributed by atoms with Crippen LogP contribution in [0.25, 0.3) is 10.9 Å². The summed E-state index contributed by atoms with van der Waals surface area (Å²) < 4.78 is 16.7. The number of aryl methyl sites for hydroxylation is 1. The number of fused-ring (bicyclic) bond motifs is 1. The SMILES string of the molecule is COc1cc2nccc(Oc3ccc(NC(=O)NC(=O)Nc4cccc(C)n4)cc3)c2cc1OC. The molecule has 0 atom stereocenters. The maximum absolute atomic E-state index is 12.2. The van der Waals surface area contributed by atoms with Crippen LogP contribution in [0.15, 0.2) is 66.9 Å². The fourth-order valence-electron chi connectivity index (χ4n) is 3.30. The van der Waals surface area contributed by atoms with Crippen LogP contribution in [0.5, 0.6) is 23.0 Å². The smallest absolute Gasteiger partial charge is 0.328 e. The van der Waals surface area contributed by atoms with Gasteiger partial charge in [0.15, 0.2) is 11.5 Å². The second-order valence-corrected chi connectivity index (χ2v) is 7.36. The minimum absolute atomic E-state index is 0.344. The minimum atomic E-state index is -0.697. The first-order valence-electron chi connectivity index (χ1n) is 10.6. The Morgan fingerprint density at radius 3 is 2.26 bits per heavy atom. The molecule has 2 heterocycles. The number of amides is 4. The van der Waals surface area contributed by atoms with E-state index in [9.17, 15) is 9.59 Å². The lowest BCUT2D eigenvalue weighted by atomic mass is 10.2. The number of nitrogens with one attached hydrogen (secondary N) is 3. The Hall–Kier alpha value is -4.86. The van der Waals surface area contributed by atoms with Crippen LogP contribution in [-0.4, -0.2) is 36.2 Å². The molecule has 0 bridgehead atoms. The van der Waals surface area contributed by atoms with E-state index >= 15 is 0 Å². The average molecular weight is 473 g/mol. The summed E-state index contributed by atoms with van der Waals surface area (Å²) in [7, 11) is 3.12. The van der Waals surface area contributed by atoms with E-state index in [0.29, 0.717) is 40.0 Å². The zero-order chi connectivity index (χ0) is 24.8. The van der Waals surface area contributed by atoms with E-state index in [2.05, 4.69) is 25.9 Å². The number of ether oxygens (including phenoxy) is 3. The Morgan fingerprint density at radius 1 is 0.829 bits per heavy atom. The van der Waals surface area contributed by atoms with Gasteiger partial charge >= 0.3 is 12.1 Å². The molecule has 0 unspecified atom stereocenters. The van der Waals surface area contributed by atoms with Crippen molar-refractivity contribution in [3.8, 4) is 23.0 Å². The van der Waals surface area contributed by atoms with Gasteiger partial charge in [-0.05, 0) is 55.5 Å². The fourth-order valence-corrected chi connectivity index (χ4v) is 3.30. The summed E-state index contributed by atoms with van der Waals surface area (Å²) in [5, 5.41) is 8.03. The largest absolute Gasteiger partial charge is 0.493 e. The number of carbonyl (C=O) groups excluding carboxylic acids is 2. The van der Waals surface area contributed by atoms with Crippen molar-refractivity contribution >= 4 is 34.5 Å². The molecule has 0 aliphatic rings. The van der Waals surface area contributed by atoms with Crippen molar-refractivity contribution in [1.29, 1.82) is 0 Å². The van der Waals surface area contributed by atoms with Crippen LogP contribution >= 0.6 is 0 Å². The Bertz CT molecular complexity index is 1370. The quantitative estimate of drug-likeness (QED) is 0.356. The van der Waals surface area contributed by atoms with Crippen LogP contribution in [-0.2, 0) is 0 Å². The highest BCUT2D eigenvalue weighted by Gasteiger charge is 2.12. The Morgan fingerprint density at radius 2 is 1.54 bits per heavy atom. The highest BCUT2D eigenvalue weighted by molar-refractivity contribution is 6.04. The lowest BCUT2D eigenvalue weighted by Gasteiger charge is -2.13. The van der Waals surface area contributed by atoms with Gasteiger partial charge in [0.05, 0.1) is 19.7 Å². The first-order valence-corrected chi connectivity index (χ1v) is 10.6. The number of rotatable bonds is 6. The van der Waals surface area contributed by atoms with Gasteiger partial charge in [-0.15, -0.1) is 0 Å². The highest BCUT2D eigenvalue weighted by atomic mass is 16.5. The maximum atomic E-state index is 12.2. The van der Waals surface area contributed by atoms with Gasteiger partial charge in [-0.2, -0.15) is 0 Å². The highest BCUT2D eigenvalue weighted by Crippen LogP contribution is 2.36. The summed E-state index contributed by atoms with van der Waals surface area (Å²) in [4.78, 5) is 32.7. The molecule has 0 aliphatic carbocycles. The molecule has 3 N–H and O–H groups in total. The molecule has 2 aromatic carbocycles. The summed E-state index contributed by atoms with van der Waals surface area (Å²) in [6.45, 7) is 1.80. The van der Waals surface area contributed by atoms with Crippen molar-refractivity contribution < 1.29 is 23.8 Å². The predicted molar refractivity (Wildman–Crippen MR) is 132 cm³/mol. The monoisotopic (exact) mass is 473 g/mol. The first kappa shape index (κ1) is 23.3. The molecule has 4 rings (SSSR count). The van der Waals surface area contributed by atoms with Crippen LogP contribution in [0, 0.1) is 6.92 Å². The lowest BCUT2D eigenvalue weighted by molar-refractivity contribution is 0.240. The number of pyridine rings is 2. The number of aromatic nitrogens is 2. The van der Waals surface area contributed by atoms with Gasteiger partial charge < -0.3 is 19.5 Å². The number of benzene rings is 2. The van der Waals surface area contributed by atoms with E-state index < -0.39 is 12.1 Å². The summed E-state index contributed by atoms with van der Waals surface area (Å²) >= 11 is 0. The van der Waals surface area contributed by atoms with Crippen LogP contribution in [0.4, 0.5) is 21.1 Å². The maximum Gasteiger partial charge on any atom is 0.328 e. The second kappa shape index (κ2) is 10.4. The number of hydrogen-bond acceptors (Lipinski definition) is 7. The van der Waals surface area contributed by atoms with Gasteiger partial charge in [0.1, 0.15) is 17.3 Å². The van der Waals surface area contributed by atoms with Gasteiger partial charge in [-0.3, -0.25) is 15.6 Å². The summed E-state index contributed by atoms with van der Waals surface area (Å²) in [6, 6.07) is 15.8. The van der Waals surface area contributed by atoms with E-state index in [4.69, 9.17) is 14.2 Å². The number of nitrogens with zero attached hydrogens (tertiary/aromatic N) is 2. The molecule has 0 aliphatic heterocycles. The molecular formula is C25H23N5O5. The van der Waals surface area contributed by atoms with Crippen LogP contribution in [0.3, 0.4) is 0 Å². The van der Waals surface area contributed by atoms with Gasteiger partial charge in [-0.25, -0.2) is 14.6 Å². The third-order valence-electron chi connectivity index (χ3n) is 4.90. The molecule has 178 valence electrons. The Balaban J connectivity index is 1.40. The molecular weight excluding hydrogens is 450 g/mol. The molecule has 0 saturated heterocycles. The van der Waals surface area contributed by atoms with Crippen molar-refractivity contribution in [1.82, 2.24) is 15.3 Å². The molecule has 0 fully saturated rings. The van der Waals surface area contributed by atoms with Crippen LogP contribution in [0.1, 0.15) is 5.69 Å². The van der Waals surface area contributed by atoms with Gasteiger partial charge in [0.2, 0.25) is 0 Å². The van der Waals surface area contributed by atoms with Crippen molar-refractivity contribution in [3.05, 3.63) is 72.6 Å². The van der Waals surface area contributed by atoms with E-state index in [-0.39, 0.29) is 0 Å². The Kier molecular flexibility index (Phi) is 6.91. The molecule has 0 saturated carbocycles. The third-order valence-corrected chi connectivity index (χ3v) is 4.90. The Labute approximate surface area is 201 Å². The first-order chi connectivity index (χ1) is 16.9. The third kappa shape index (κ3) is 5.74. The lowest BCUT2D eigenvalue weighted by Crippen LogP contribution is -2.37. The summed E-state index contributed by atoms with van der Waals surface area (Å²) in [5.41, 5.74) is 1.91. The molecule has 4 aromatic rings. The average Bonchev–Trinajstić information content (AvgIpc) is 2.84. The minimum Gasteiger partial charge on any atom is -0.493 e. The number of hydrogen-bond donors (Lipinski definition) is 3. The van der Waals surface area contributed by atoms with Crippen LogP contribution in [0.2, 0.25) is 0 Å². The molecule has 4 amide bonds. The molecule has 35 heavy (non-hydrogen) atoms. The number of anilines is 2. The van der Waals surface area contributed by atoms with Crippen LogP contribution < -0.4 is 30.2 Å². The summed E-state index contributed by atoms with van der Waals surface area (Å²) in [6.07, 6.45) is 1.64. The number of methoxy groups -OCH3 is 2. The number of carbonyl (C=O) groups is 2. The second-order valence-electron chi connectivity index (χ2n) is 7.36. The van der Waals surface area contributed by atoms with Gasteiger partial charge in [-0.1, -0.05) is 6.07 Å². The van der Waals surface area contributed by atoms with E-state index in [1.807, 2.05) is 0 Å². The normalized spacial score (nSPS) is 10.4. The van der Waals surface area contributed by atoms with Gasteiger partial charge in [0.25, 0.3) is 0 Å². The molecule has 0 radical (unpaired) electrons. The summed E-state index contributed by atoms with van der Waals surface area (Å²) in [5.74, 6) is 2.60. The molecule has 10 heteroatoms. The molecule has 2 aromatic heterocycles. The predicted octanol–water partition coefficient (Wildman–Crippen LogP) is 5.10. The van der Waals surface area contributed by atoms with Gasteiger partial charge in [0, 0.05) is 29.0 Å². The zero-order valence-corrected chi connectivity index (χ0v) is 19.3.